The fraction of sp³-hybridized carbons (Fsp3) is 0.115. The molecule has 0 saturated carbocycles. The molecule has 6 aromatic rings. The van der Waals surface area contributed by atoms with E-state index in [2.05, 4.69) is 55.7 Å². The van der Waals surface area contributed by atoms with Gasteiger partial charge in [0.1, 0.15) is 17.0 Å². The highest BCUT2D eigenvalue weighted by atomic mass is 16.4. The third-order valence-corrected chi connectivity index (χ3v) is 5.90. The lowest BCUT2D eigenvalue weighted by atomic mass is 10.0. The van der Waals surface area contributed by atoms with Gasteiger partial charge in [-0.25, -0.2) is 4.98 Å². The maximum absolute atomic E-state index is 6.26. The molecule has 0 amide bonds. The SMILES string of the molecule is Cc1cc2c(cc1-c1nccn1-c1c(C)cccc1C)oc1c3ccccc3oc21. The van der Waals surface area contributed by atoms with Crippen LogP contribution < -0.4 is 0 Å². The van der Waals surface area contributed by atoms with Gasteiger partial charge in [0, 0.05) is 18.0 Å². The van der Waals surface area contributed by atoms with Gasteiger partial charge in [0.25, 0.3) is 0 Å². The van der Waals surface area contributed by atoms with Crippen molar-refractivity contribution in [2.45, 2.75) is 20.8 Å². The molecule has 0 fully saturated rings. The largest absolute Gasteiger partial charge is 0.452 e. The van der Waals surface area contributed by atoms with Crippen LogP contribution >= 0.6 is 0 Å². The maximum Gasteiger partial charge on any atom is 0.181 e. The number of para-hydroxylation sites is 2. The summed E-state index contributed by atoms with van der Waals surface area (Å²) in [6, 6.07) is 18.6. The van der Waals surface area contributed by atoms with Gasteiger partial charge in [-0.15, -0.1) is 0 Å². The smallest absolute Gasteiger partial charge is 0.181 e. The summed E-state index contributed by atoms with van der Waals surface area (Å²) in [5, 5.41) is 1.99. The lowest BCUT2D eigenvalue weighted by molar-refractivity contribution is 0.653. The minimum absolute atomic E-state index is 0.801. The molecule has 0 atom stereocenters. The van der Waals surface area contributed by atoms with Crippen LogP contribution in [-0.4, -0.2) is 9.55 Å². The maximum atomic E-state index is 6.26. The summed E-state index contributed by atoms with van der Waals surface area (Å²) in [7, 11) is 0. The van der Waals surface area contributed by atoms with Gasteiger partial charge in [-0.2, -0.15) is 0 Å². The molecule has 4 nitrogen and oxygen atoms in total. The van der Waals surface area contributed by atoms with Crippen molar-refractivity contribution in [1.82, 2.24) is 9.55 Å². The van der Waals surface area contributed by atoms with Gasteiger partial charge in [-0.1, -0.05) is 30.3 Å². The molecule has 0 N–H and O–H groups in total. The summed E-state index contributed by atoms with van der Waals surface area (Å²) in [6.07, 6.45) is 3.88. The zero-order valence-corrected chi connectivity index (χ0v) is 17.1. The molecule has 0 aliphatic heterocycles. The summed E-state index contributed by atoms with van der Waals surface area (Å²) in [5.74, 6) is 0.907. The molecule has 6 rings (SSSR count). The van der Waals surface area contributed by atoms with E-state index < -0.39 is 0 Å². The molecule has 3 aromatic carbocycles. The Morgan fingerprint density at radius 2 is 1.47 bits per heavy atom. The molecule has 30 heavy (non-hydrogen) atoms. The van der Waals surface area contributed by atoms with E-state index in [0.29, 0.717) is 0 Å². The second-order valence-corrected chi connectivity index (χ2v) is 7.88. The fourth-order valence-electron chi connectivity index (χ4n) is 4.47. The Kier molecular flexibility index (Phi) is 3.48. The number of benzene rings is 3. The quantitative estimate of drug-likeness (QED) is 0.315. The van der Waals surface area contributed by atoms with Gasteiger partial charge in [0.2, 0.25) is 0 Å². The fourth-order valence-corrected chi connectivity index (χ4v) is 4.47. The molecule has 0 radical (unpaired) electrons. The zero-order chi connectivity index (χ0) is 20.4. The van der Waals surface area contributed by atoms with E-state index in [1.54, 1.807) is 0 Å². The second kappa shape index (κ2) is 6.10. The molecular weight excluding hydrogens is 372 g/mol. The monoisotopic (exact) mass is 392 g/mol. The average molecular weight is 392 g/mol. The normalized spacial score (nSPS) is 11.8. The Labute approximate surface area is 173 Å². The number of aryl methyl sites for hydroxylation is 3. The highest BCUT2D eigenvalue weighted by molar-refractivity contribution is 6.13. The Bertz CT molecular complexity index is 1560. The molecule has 0 spiro atoms. The number of rotatable bonds is 2. The molecule has 0 unspecified atom stereocenters. The Balaban J connectivity index is 1.60. The summed E-state index contributed by atoms with van der Waals surface area (Å²) < 4.78 is 14.5. The summed E-state index contributed by atoms with van der Waals surface area (Å²) in [4.78, 5) is 4.70. The van der Waals surface area contributed by atoms with Gasteiger partial charge in [-0.3, -0.25) is 4.57 Å². The van der Waals surface area contributed by atoms with Gasteiger partial charge in [0.15, 0.2) is 11.2 Å². The van der Waals surface area contributed by atoms with E-state index in [9.17, 15) is 0 Å². The van der Waals surface area contributed by atoms with E-state index in [4.69, 9.17) is 13.8 Å². The first kappa shape index (κ1) is 17.1. The van der Waals surface area contributed by atoms with Crippen molar-refractivity contribution < 1.29 is 8.83 Å². The van der Waals surface area contributed by atoms with Crippen molar-refractivity contribution in [3.05, 3.63) is 83.7 Å². The van der Waals surface area contributed by atoms with Crippen molar-refractivity contribution in [2.24, 2.45) is 0 Å². The molecule has 0 saturated heterocycles. The van der Waals surface area contributed by atoms with Gasteiger partial charge in [-0.05, 0) is 61.7 Å². The predicted molar refractivity (Wildman–Crippen MR) is 120 cm³/mol. The van der Waals surface area contributed by atoms with E-state index in [0.717, 1.165) is 50.1 Å². The van der Waals surface area contributed by atoms with E-state index in [1.807, 2.05) is 36.7 Å². The van der Waals surface area contributed by atoms with E-state index in [1.165, 1.54) is 16.8 Å². The van der Waals surface area contributed by atoms with Gasteiger partial charge in [0.05, 0.1) is 16.5 Å². The van der Waals surface area contributed by atoms with Crippen LogP contribution in [0.25, 0.3) is 50.2 Å². The van der Waals surface area contributed by atoms with Crippen LogP contribution in [-0.2, 0) is 0 Å². The number of fused-ring (bicyclic) bond motifs is 5. The van der Waals surface area contributed by atoms with Gasteiger partial charge < -0.3 is 8.83 Å². The minimum atomic E-state index is 0.801. The molecule has 0 aliphatic carbocycles. The van der Waals surface area contributed by atoms with Gasteiger partial charge >= 0.3 is 0 Å². The van der Waals surface area contributed by atoms with Crippen molar-refractivity contribution in [1.29, 1.82) is 0 Å². The zero-order valence-electron chi connectivity index (χ0n) is 17.1. The standard InChI is InChI=1S/C26H20N2O2/c1-15-7-6-8-16(2)23(15)28-12-11-27-26(28)19-14-22-20(13-17(19)3)25-24(30-22)18-9-4-5-10-21(18)29-25/h4-14H,1-3H3. The number of imidazole rings is 1. The molecule has 4 heteroatoms. The lowest BCUT2D eigenvalue weighted by Crippen LogP contribution is -2.02. The van der Waals surface area contributed by atoms with E-state index >= 15 is 0 Å². The Morgan fingerprint density at radius 3 is 2.30 bits per heavy atom. The first-order valence-corrected chi connectivity index (χ1v) is 10.1. The number of hydrogen-bond acceptors (Lipinski definition) is 3. The number of nitrogens with zero attached hydrogens (tertiary/aromatic N) is 2. The van der Waals surface area contributed by atoms with E-state index in [-0.39, 0.29) is 0 Å². The molecule has 146 valence electrons. The topological polar surface area (TPSA) is 44.1 Å². The molecule has 3 heterocycles. The van der Waals surface area contributed by atoms with Crippen LogP contribution in [0.4, 0.5) is 0 Å². The third kappa shape index (κ3) is 2.31. The van der Waals surface area contributed by atoms with Crippen molar-refractivity contribution >= 4 is 33.1 Å². The summed E-state index contributed by atoms with van der Waals surface area (Å²) in [6.45, 7) is 6.38. The summed E-state index contributed by atoms with van der Waals surface area (Å²) >= 11 is 0. The first-order chi connectivity index (χ1) is 14.6. The van der Waals surface area contributed by atoms with Crippen LogP contribution in [0, 0.1) is 20.8 Å². The van der Waals surface area contributed by atoms with Crippen LogP contribution in [0.2, 0.25) is 0 Å². The third-order valence-electron chi connectivity index (χ3n) is 5.90. The van der Waals surface area contributed by atoms with Crippen molar-refractivity contribution in [3.8, 4) is 17.1 Å². The van der Waals surface area contributed by atoms with Crippen LogP contribution in [0.5, 0.6) is 0 Å². The van der Waals surface area contributed by atoms with Crippen molar-refractivity contribution in [2.75, 3.05) is 0 Å². The number of furan rings is 2. The Morgan fingerprint density at radius 1 is 0.733 bits per heavy atom. The van der Waals surface area contributed by atoms with Crippen LogP contribution in [0.1, 0.15) is 16.7 Å². The Hall–Kier alpha value is -3.79. The first-order valence-electron chi connectivity index (χ1n) is 10.1. The highest BCUT2D eigenvalue weighted by Gasteiger charge is 2.19. The molecule has 0 bridgehead atoms. The second-order valence-electron chi connectivity index (χ2n) is 7.88. The summed E-state index contributed by atoms with van der Waals surface area (Å²) in [5.41, 5.74) is 9.05. The van der Waals surface area contributed by atoms with Crippen molar-refractivity contribution in [3.63, 3.8) is 0 Å². The minimum Gasteiger partial charge on any atom is -0.452 e. The lowest BCUT2D eigenvalue weighted by Gasteiger charge is -2.15. The van der Waals surface area contributed by atoms with Crippen LogP contribution in [0.15, 0.2) is 75.8 Å². The average Bonchev–Trinajstić information content (AvgIpc) is 3.42. The van der Waals surface area contributed by atoms with Crippen LogP contribution in [0.3, 0.4) is 0 Å². The molecular formula is C26H20N2O2. The molecule has 3 aromatic heterocycles. The number of aromatic nitrogens is 2. The highest BCUT2D eigenvalue weighted by Crippen LogP contribution is 2.39. The predicted octanol–water partition coefficient (Wildman–Crippen LogP) is 7.11. The number of hydrogen-bond donors (Lipinski definition) is 0. The molecule has 0 aliphatic rings.